The third-order valence-corrected chi connectivity index (χ3v) is 2.36. The first-order valence-electron chi connectivity index (χ1n) is 4.71. The highest BCUT2D eigenvalue weighted by Crippen LogP contribution is 2.20. The van der Waals surface area contributed by atoms with E-state index in [1.54, 1.807) is 0 Å². The summed E-state index contributed by atoms with van der Waals surface area (Å²) < 4.78 is 0. The van der Waals surface area contributed by atoms with Crippen molar-refractivity contribution in [3.8, 4) is 0 Å². The van der Waals surface area contributed by atoms with Crippen LogP contribution in [0.1, 0.15) is 18.2 Å². The molecule has 0 aliphatic heterocycles. The van der Waals surface area contributed by atoms with Gasteiger partial charge in [-0.3, -0.25) is 0 Å². The van der Waals surface area contributed by atoms with Crippen LogP contribution in [0.15, 0.2) is 36.9 Å². The maximum absolute atomic E-state index is 4.54. The Hall–Kier alpha value is -1.63. The molecular weight excluding hydrogens is 170 g/mol. The van der Waals surface area contributed by atoms with Crippen molar-refractivity contribution >= 4 is 16.5 Å². The second kappa shape index (κ2) is 3.26. The molecule has 0 fully saturated rings. The largest absolute Gasteiger partial charge is 0.248 e. The van der Waals surface area contributed by atoms with E-state index in [9.17, 15) is 0 Å². The van der Waals surface area contributed by atoms with Gasteiger partial charge in [0.25, 0.3) is 0 Å². The van der Waals surface area contributed by atoms with Crippen molar-refractivity contribution in [3.05, 3.63) is 48.2 Å². The molecule has 0 spiro atoms. The average Bonchev–Trinajstić information content (AvgIpc) is 2.17. The lowest BCUT2D eigenvalue weighted by Crippen LogP contribution is -1.89. The van der Waals surface area contributed by atoms with Gasteiger partial charge in [0.1, 0.15) is 0 Å². The minimum atomic E-state index is 0.987. The van der Waals surface area contributed by atoms with E-state index in [1.807, 2.05) is 25.1 Å². The molecule has 0 aliphatic rings. The van der Waals surface area contributed by atoms with Crippen molar-refractivity contribution in [2.75, 3.05) is 0 Å². The summed E-state index contributed by atoms with van der Waals surface area (Å²) in [7, 11) is 0. The fourth-order valence-corrected chi connectivity index (χ4v) is 1.57. The van der Waals surface area contributed by atoms with Crippen molar-refractivity contribution in [2.45, 2.75) is 13.8 Å². The van der Waals surface area contributed by atoms with Crippen LogP contribution < -0.4 is 0 Å². The van der Waals surface area contributed by atoms with Crippen molar-refractivity contribution in [1.82, 2.24) is 4.98 Å². The van der Waals surface area contributed by atoms with E-state index < -0.39 is 0 Å². The molecule has 0 atom stereocenters. The van der Waals surface area contributed by atoms with E-state index in [4.69, 9.17) is 0 Å². The number of benzene rings is 1. The van der Waals surface area contributed by atoms with Gasteiger partial charge in [0.15, 0.2) is 0 Å². The van der Waals surface area contributed by atoms with E-state index in [0.717, 1.165) is 16.8 Å². The van der Waals surface area contributed by atoms with Crippen LogP contribution in [0.4, 0.5) is 0 Å². The SMILES string of the molecule is C=C(C)c1cc(C)c2ccccc2n1. The number of fused-ring (bicyclic) bond motifs is 1. The summed E-state index contributed by atoms with van der Waals surface area (Å²) in [4.78, 5) is 4.54. The van der Waals surface area contributed by atoms with Crippen molar-refractivity contribution in [3.63, 3.8) is 0 Å². The zero-order chi connectivity index (χ0) is 10.1. The molecule has 0 aliphatic carbocycles. The van der Waals surface area contributed by atoms with Crippen molar-refractivity contribution in [1.29, 1.82) is 0 Å². The van der Waals surface area contributed by atoms with Gasteiger partial charge in [-0.1, -0.05) is 24.8 Å². The van der Waals surface area contributed by atoms with E-state index in [1.165, 1.54) is 10.9 Å². The van der Waals surface area contributed by atoms with Crippen LogP contribution in [0.2, 0.25) is 0 Å². The van der Waals surface area contributed by atoms with Crippen LogP contribution in [0.5, 0.6) is 0 Å². The first-order chi connectivity index (χ1) is 6.68. The Morgan fingerprint density at radius 2 is 2.00 bits per heavy atom. The smallest absolute Gasteiger partial charge is 0.0712 e. The van der Waals surface area contributed by atoms with E-state index in [2.05, 4.69) is 30.6 Å². The molecule has 0 amide bonds. The van der Waals surface area contributed by atoms with E-state index in [0.29, 0.717) is 0 Å². The normalized spacial score (nSPS) is 10.4. The summed E-state index contributed by atoms with van der Waals surface area (Å²) in [6, 6.07) is 10.3. The van der Waals surface area contributed by atoms with Gasteiger partial charge in [-0.25, -0.2) is 4.98 Å². The Labute approximate surface area is 84.1 Å². The number of pyridine rings is 1. The fraction of sp³-hybridized carbons (Fsp3) is 0.154. The van der Waals surface area contributed by atoms with Crippen LogP contribution in [0, 0.1) is 6.92 Å². The van der Waals surface area contributed by atoms with Crippen LogP contribution in [0.3, 0.4) is 0 Å². The summed E-state index contributed by atoms with van der Waals surface area (Å²) >= 11 is 0. The molecule has 1 heterocycles. The van der Waals surface area contributed by atoms with Gasteiger partial charge in [0.2, 0.25) is 0 Å². The van der Waals surface area contributed by atoms with Gasteiger partial charge < -0.3 is 0 Å². The van der Waals surface area contributed by atoms with E-state index in [-0.39, 0.29) is 0 Å². The summed E-state index contributed by atoms with van der Waals surface area (Å²) in [5, 5.41) is 1.22. The van der Waals surface area contributed by atoms with Crippen molar-refractivity contribution < 1.29 is 0 Å². The van der Waals surface area contributed by atoms with Gasteiger partial charge in [-0.05, 0) is 37.1 Å². The molecule has 1 aromatic carbocycles. The Kier molecular flexibility index (Phi) is 2.08. The first kappa shape index (κ1) is 8.95. The highest BCUT2D eigenvalue weighted by Gasteiger charge is 2.01. The molecule has 0 N–H and O–H groups in total. The summed E-state index contributed by atoms with van der Waals surface area (Å²) in [6.45, 7) is 8.00. The minimum Gasteiger partial charge on any atom is -0.248 e. The second-order valence-corrected chi connectivity index (χ2v) is 3.62. The van der Waals surface area contributed by atoms with Crippen LogP contribution in [0.25, 0.3) is 16.5 Å². The number of hydrogen-bond donors (Lipinski definition) is 0. The predicted octanol–water partition coefficient (Wildman–Crippen LogP) is 3.58. The van der Waals surface area contributed by atoms with Gasteiger partial charge in [0.05, 0.1) is 11.2 Å². The monoisotopic (exact) mass is 183 g/mol. The summed E-state index contributed by atoms with van der Waals surface area (Å²) in [5.74, 6) is 0. The molecule has 0 unspecified atom stereocenters. The molecule has 1 nitrogen and oxygen atoms in total. The Morgan fingerprint density at radius 3 is 2.71 bits per heavy atom. The molecule has 0 bridgehead atoms. The van der Waals surface area contributed by atoms with Gasteiger partial charge in [0, 0.05) is 5.39 Å². The topological polar surface area (TPSA) is 12.9 Å². The van der Waals surface area contributed by atoms with Gasteiger partial charge in [-0.2, -0.15) is 0 Å². The maximum atomic E-state index is 4.54. The minimum absolute atomic E-state index is 0.987. The summed E-state index contributed by atoms with van der Waals surface area (Å²) in [6.07, 6.45) is 0. The Morgan fingerprint density at radius 1 is 1.29 bits per heavy atom. The molecular formula is C13H13N. The molecule has 0 radical (unpaired) electrons. The zero-order valence-corrected chi connectivity index (χ0v) is 8.54. The predicted molar refractivity (Wildman–Crippen MR) is 61.2 cm³/mol. The first-order valence-corrected chi connectivity index (χ1v) is 4.71. The molecule has 0 saturated heterocycles. The molecule has 2 aromatic rings. The number of aromatic nitrogens is 1. The molecule has 70 valence electrons. The number of allylic oxidation sites excluding steroid dienone is 1. The quantitative estimate of drug-likeness (QED) is 0.658. The number of nitrogens with zero attached hydrogens (tertiary/aromatic N) is 1. The standard InChI is InChI=1S/C13H13N/c1-9(2)13-8-10(3)11-6-4-5-7-12(11)14-13/h4-8H,1H2,2-3H3. The molecule has 1 aromatic heterocycles. The number of hydrogen-bond acceptors (Lipinski definition) is 1. The third-order valence-electron chi connectivity index (χ3n) is 2.36. The second-order valence-electron chi connectivity index (χ2n) is 3.62. The van der Waals surface area contributed by atoms with Crippen LogP contribution in [-0.2, 0) is 0 Å². The molecule has 1 heteroatoms. The number of rotatable bonds is 1. The summed E-state index contributed by atoms with van der Waals surface area (Å²) in [5.41, 5.74) is 4.30. The maximum Gasteiger partial charge on any atom is 0.0712 e. The lowest BCUT2D eigenvalue weighted by atomic mass is 10.1. The molecule has 14 heavy (non-hydrogen) atoms. The molecule has 0 saturated carbocycles. The zero-order valence-electron chi connectivity index (χ0n) is 8.54. The molecule has 2 rings (SSSR count). The van der Waals surface area contributed by atoms with Gasteiger partial charge in [-0.15, -0.1) is 0 Å². The Balaban J connectivity index is 2.78. The van der Waals surface area contributed by atoms with Gasteiger partial charge >= 0.3 is 0 Å². The van der Waals surface area contributed by atoms with Crippen molar-refractivity contribution in [2.24, 2.45) is 0 Å². The number of para-hydroxylation sites is 1. The van der Waals surface area contributed by atoms with Crippen LogP contribution in [-0.4, -0.2) is 4.98 Å². The lowest BCUT2D eigenvalue weighted by Gasteiger charge is -2.05. The van der Waals surface area contributed by atoms with Crippen LogP contribution >= 0.6 is 0 Å². The highest BCUT2D eigenvalue weighted by molar-refractivity contribution is 5.83. The third kappa shape index (κ3) is 1.41. The van der Waals surface area contributed by atoms with E-state index >= 15 is 0 Å². The average molecular weight is 183 g/mol. The highest BCUT2D eigenvalue weighted by atomic mass is 14.7. The number of aryl methyl sites for hydroxylation is 1. The fourth-order valence-electron chi connectivity index (χ4n) is 1.57. The lowest BCUT2D eigenvalue weighted by molar-refractivity contribution is 1.31. The Bertz CT molecular complexity index is 498.